The summed E-state index contributed by atoms with van der Waals surface area (Å²) in [5.41, 5.74) is 3.88. The highest BCUT2D eigenvalue weighted by atomic mass is 79.9. The number of morpholine rings is 1. The minimum absolute atomic E-state index is 0. The van der Waals surface area contributed by atoms with Crippen LogP contribution in [-0.4, -0.2) is 57.7 Å². The lowest BCUT2D eigenvalue weighted by Crippen LogP contribution is -2.37. The summed E-state index contributed by atoms with van der Waals surface area (Å²) in [5, 5.41) is 27.4. The van der Waals surface area contributed by atoms with Crippen molar-refractivity contribution >= 4 is 69.7 Å². The molecular formula is C20H20BrCl2N7O3. The van der Waals surface area contributed by atoms with Gasteiger partial charge in [0.1, 0.15) is 11.5 Å². The number of halogens is 3. The van der Waals surface area contributed by atoms with Gasteiger partial charge in [0.05, 0.1) is 23.9 Å². The molecule has 174 valence electrons. The van der Waals surface area contributed by atoms with Crippen molar-refractivity contribution in [3.8, 4) is 11.5 Å². The highest BCUT2D eigenvalue weighted by Gasteiger charge is 2.17. The number of hydrogen-bond acceptors (Lipinski definition) is 10. The Morgan fingerprint density at radius 1 is 1.06 bits per heavy atom. The van der Waals surface area contributed by atoms with E-state index in [0.717, 1.165) is 5.69 Å². The van der Waals surface area contributed by atoms with E-state index in [1.165, 1.54) is 18.3 Å². The van der Waals surface area contributed by atoms with Crippen LogP contribution in [0.3, 0.4) is 0 Å². The van der Waals surface area contributed by atoms with Crippen molar-refractivity contribution in [3.05, 3.63) is 51.5 Å². The summed E-state index contributed by atoms with van der Waals surface area (Å²) in [5.74, 6) is 0.804. The normalized spacial score (nSPS) is 13.6. The summed E-state index contributed by atoms with van der Waals surface area (Å²) >= 11 is 9.28. The molecular weight excluding hydrogens is 537 g/mol. The van der Waals surface area contributed by atoms with Crippen LogP contribution in [0, 0.1) is 0 Å². The molecule has 4 rings (SSSR count). The van der Waals surface area contributed by atoms with Crippen LogP contribution in [0.2, 0.25) is 5.02 Å². The average molecular weight is 557 g/mol. The maximum absolute atomic E-state index is 9.98. The number of nitrogens with zero attached hydrogens (tertiary/aromatic N) is 5. The number of aromatic nitrogens is 3. The fourth-order valence-electron chi connectivity index (χ4n) is 2.90. The SMILES string of the molecule is Cl.Oc1cc(O)c(/C=N/Nc2nc(Nc3cccc(Cl)c3)nc(N3CCOCC3)n2)cc1Br. The summed E-state index contributed by atoms with van der Waals surface area (Å²) in [4.78, 5) is 15.3. The largest absolute Gasteiger partial charge is 0.507 e. The number of rotatable bonds is 6. The van der Waals surface area contributed by atoms with Gasteiger partial charge >= 0.3 is 0 Å². The van der Waals surface area contributed by atoms with Gasteiger partial charge in [-0.2, -0.15) is 20.1 Å². The minimum Gasteiger partial charge on any atom is -0.507 e. The van der Waals surface area contributed by atoms with Crippen LogP contribution < -0.4 is 15.6 Å². The molecule has 13 heteroatoms. The zero-order valence-corrected chi connectivity index (χ0v) is 20.2. The van der Waals surface area contributed by atoms with E-state index in [9.17, 15) is 10.2 Å². The lowest BCUT2D eigenvalue weighted by Gasteiger charge is -2.27. The molecule has 0 aliphatic carbocycles. The fourth-order valence-corrected chi connectivity index (χ4v) is 3.45. The molecule has 1 aromatic heterocycles. The Labute approximate surface area is 209 Å². The first-order valence-corrected chi connectivity index (χ1v) is 10.8. The van der Waals surface area contributed by atoms with Crippen molar-refractivity contribution in [2.24, 2.45) is 5.10 Å². The first-order chi connectivity index (χ1) is 15.5. The van der Waals surface area contributed by atoms with E-state index in [2.05, 4.69) is 46.7 Å². The zero-order chi connectivity index (χ0) is 22.5. The number of anilines is 4. The monoisotopic (exact) mass is 555 g/mol. The molecule has 1 aliphatic heterocycles. The first-order valence-electron chi connectivity index (χ1n) is 9.60. The Hall–Kier alpha value is -2.86. The third kappa shape index (κ3) is 6.57. The van der Waals surface area contributed by atoms with Crippen LogP contribution in [0.25, 0.3) is 0 Å². The van der Waals surface area contributed by atoms with Crippen LogP contribution in [0.4, 0.5) is 23.5 Å². The molecule has 2 heterocycles. The number of phenolic OH excluding ortho intramolecular Hbond substituents is 2. The van der Waals surface area contributed by atoms with Gasteiger partial charge in [-0.05, 0) is 40.2 Å². The Morgan fingerprint density at radius 3 is 2.58 bits per heavy atom. The van der Waals surface area contributed by atoms with Crippen LogP contribution in [0.15, 0.2) is 46.0 Å². The second kappa shape index (κ2) is 11.3. The van der Waals surface area contributed by atoms with Gasteiger partial charge in [-0.1, -0.05) is 17.7 Å². The van der Waals surface area contributed by atoms with E-state index < -0.39 is 0 Å². The zero-order valence-electron chi connectivity index (χ0n) is 17.1. The quantitative estimate of drug-likeness (QED) is 0.261. The molecule has 1 fully saturated rings. The minimum atomic E-state index is -0.121. The summed E-state index contributed by atoms with van der Waals surface area (Å²) in [6.45, 7) is 2.47. The van der Waals surface area contributed by atoms with E-state index >= 15 is 0 Å². The van der Waals surface area contributed by atoms with Crippen LogP contribution in [0.1, 0.15) is 5.56 Å². The summed E-state index contributed by atoms with van der Waals surface area (Å²) in [6, 6.07) is 9.96. The lowest BCUT2D eigenvalue weighted by atomic mass is 10.2. The lowest BCUT2D eigenvalue weighted by molar-refractivity contribution is 0.122. The standard InChI is InChI=1S/C20H19BrClN7O3.ClH/c21-15-8-12(16(30)10-17(15)31)11-23-28-19-25-18(24-14-3-1-2-13(22)9-14)26-20(27-19)29-4-6-32-7-5-29;/h1-3,8-11,30-31H,4-7H2,(H2,24,25,26,27,28);1H/b23-11+;. The van der Waals surface area contributed by atoms with Crippen molar-refractivity contribution in [1.82, 2.24) is 15.0 Å². The number of hydrogen-bond donors (Lipinski definition) is 4. The predicted octanol–water partition coefficient (Wildman–Crippen LogP) is 4.15. The molecule has 4 N–H and O–H groups in total. The number of phenols is 2. The van der Waals surface area contributed by atoms with Gasteiger partial charge in [0.15, 0.2) is 0 Å². The molecule has 3 aromatic rings. The molecule has 1 aliphatic rings. The summed E-state index contributed by atoms with van der Waals surface area (Å²) < 4.78 is 5.84. The third-order valence-electron chi connectivity index (χ3n) is 4.46. The number of benzene rings is 2. The second-order valence-electron chi connectivity index (χ2n) is 6.75. The summed E-state index contributed by atoms with van der Waals surface area (Å²) in [6.07, 6.45) is 1.39. The second-order valence-corrected chi connectivity index (χ2v) is 8.04. The average Bonchev–Trinajstić information content (AvgIpc) is 2.78. The van der Waals surface area contributed by atoms with E-state index in [1.807, 2.05) is 17.0 Å². The molecule has 0 amide bonds. The molecule has 33 heavy (non-hydrogen) atoms. The Bertz CT molecular complexity index is 1150. The molecule has 0 radical (unpaired) electrons. The van der Waals surface area contributed by atoms with Crippen molar-refractivity contribution in [2.45, 2.75) is 0 Å². The highest BCUT2D eigenvalue weighted by molar-refractivity contribution is 9.10. The smallest absolute Gasteiger partial charge is 0.250 e. The van der Waals surface area contributed by atoms with Gasteiger partial charge in [-0.3, -0.25) is 0 Å². The number of aromatic hydroxyl groups is 2. The number of ether oxygens (including phenoxy) is 1. The van der Waals surface area contributed by atoms with Crippen molar-refractivity contribution in [1.29, 1.82) is 0 Å². The van der Waals surface area contributed by atoms with Crippen LogP contribution in [0.5, 0.6) is 11.5 Å². The van der Waals surface area contributed by atoms with Crippen LogP contribution >= 0.6 is 39.9 Å². The van der Waals surface area contributed by atoms with Gasteiger partial charge in [0, 0.05) is 35.4 Å². The molecule has 0 saturated carbocycles. The molecule has 0 spiro atoms. The highest BCUT2D eigenvalue weighted by Crippen LogP contribution is 2.30. The van der Waals surface area contributed by atoms with Gasteiger partial charge in [-0.15, -0.1) is 12.4 Å². The van der Waals surface area contributed by atoms with E-state index in [-0.39, 0.29) is 29.9 Å². The van der Waals surface area contributed by atoms with E-state index in [1.54, 1.807) is 12.1 Å². The Kier molecular flexibility index (Phi) is 8.50. The predicted molar refractivity (Wildman–Crippen MR) is 134 cm³/mol. The Balaban J connectivity index is 0.00000306. The maximum atomic E-state index is 9.98. The topological polar surface area (TPSA) is 128 Å². The van der Waals surface area contributed by atoms with Gasteiger partial charge < -0.3 is 25.2 Å². The van der Waals surface area contributed by atoms with Crippen molar-refractivity contribution in [3.63, 3.8) is 0 Å². The fraction of sp³-hybridized carbons (Fsp3) is 0.200. The van der Waals surface area contributed by atoms with E-state index in [0.29, 0.717) is 53.3 Å². The summed E-state index contributed by atoms with van der Waals surface area (Å²) in [7, 11) is 0. The molecule has 0 bridgehead atoms. The molecule has 1 saturated heterocycles. The third-order valence-corrected chi connectivity index (χ3v) is 5.33. The van der Waals surface area contributed by atoms with Crippen LogP contribution in [-0.2, 0) is 4.74 Å². The Morgan fingerprint density at radius 2 is 1.82 bits per heavy atom. The molecule has 0 atom stereocenters. The maximum Gasteiger partial charge on any atom is 0.250 e. The molecule has 2 aromatic carbocycles. The molecule has 10 nitrogen and oxygen atoms in total. The van der Waals surface area contributed by atoms with Gasteiger partial charge in [0.2, 0.25) is 17.8 Å². The van der Waals surface area contributed by atoms with Crippen molar-refractivity contribution in [2.75, 3.05) is 41.9 Å². The van der Waals surface area contributed by atoms with Gasteiger partial charge in [0.25, 0.3) is 0 Å². The number of hydrazone groups is 1. The van der Waals surface area contributed by atoms with E-state index in [4.69, 9.17) is 16.3 Å². The first kappa shape index (κ1) is 24.8. The number of nitrogens with one attached hydrogen (secondary N) is 2. The molecule has 0 unspecified atom stereocenters. The van der Waals surface area contributed by atoms with Crippen molar-refractivity contribution < 1.29 is 14.9 Å². The van der Waals surface area contributed by atoms with Gasteiger partial charge in [-0.25, -0.2) is 5.43 Å².